The van der Waals surface area contributed by atoms with Crippen LogP contribution in [0.25, 0.3) is 0 Å². The van der Waals surface area contributed by atoms with Gasteiger partial charge < -0.3 is 10.1 Å². The fourth-order valence-corrected chi connectivity index (χ4v) is 1.32. The molecule has 17 heavy (non-hydrogen) atoms. The van der Waals surface area contributed by atoms with Crippen molar-refractivity contribution in [2.45, 2.75) is 13.8 Å². The smallest absolute Gasteiger partial charge is 0.255 e. The third kappa shape index (κ3) is 4.31. The van der Waals surface area contributed by atoms with E-state index >= 15 is 0 Å². The number of carbonyl (C=O) groups excluding carboxylic acids is 1. The predicted octanol–water partition coefficient (Wildman–Crippen LogP) is 2.64. The molecule has 0 aliphatic rings. The Balaban J connectivity index is 2.74. The van der Waals surface area contributed by atoms with Crippen LogP contribution in [-0.2, 0) is 0 Å². The molecule has 1 aromatic carbocycles. The van der Waals surface area contributed by atoms with Gasteiger partial charge in [-0.1, -0.05) is 38.6 Å². The van der Waals surface area contributed by atoms with Gasteiger partial charge in [-0.15, -0.1) is 0 Å². The minimum absolute atomic E-state index is 0.0987. The van der Waals surface area contributed by atoms with Gasteiger partial charge in [0.2, 0.25) is 0 Å². The van der Waals surface area contributed by atoms with Crippen LogP contribution in [0.1, 0.15) is 24.2 Å². The van der Waals surface area contributed by atoms with E-state index in [9.17, 15) is 4.79 Å². The Hall–Kier alpha value is -1.77. The lowest BCUT2D eigenvalue weighted by atomic mass is 10.1. The number of nitrogens with one attached hydrogen (secondary N) is 1. The van der Waals surface area contributed by atoms with Crippen molar-refractivity contribution in [1.82, 2.24) is 5.32 Å². The molecule has 1 N–H and O–H groups in total. The molecule has 0 saturated carbocycles. The summed E-state index contributed by atoms with van der Waals surface area (Å²) >= 11 is 0. The highest BCUT2D eigenvalue weighted by Gasteiger charge is 2.11. The van der Waals surface area contributed by atoms with Gasteiger partial charge in [-0.25, -0.2) is 0 Å². The van der Waals surface area contributed by atoms with Crippen molar-refractivity contribution >= 4 is 5.91 Å². The Kier molecular flexibility index (Phi) is 5.27. The van der Waals surface area contributed by atoms with Crippen molar-refractivity contribution in [3.63, 3.8) is 0 Å². The maximum absolute atomic E-state index is 11.9. The quantitative estimate of drug-likeness (QED) is 0.767. The molecule has 0 unspecified atom stereocenters. The first kappa shape index (κ1) is 13.3. The number of benzene rings is 1. The Bertz CT molecular complexity index is 386. The highest BCUT2D eigenvalue weighted by atomic mass is 16.5. The van der Waals surface area contributed by atoms with E-state index in [0.717, 1.165) is 0 Å². The summed E-state index contributed by atoms with van der Waals surface area (Å²) < 4.78 is 5.44. The van der Waals surface area contributed by atoms with Crippen LogP contribution < -0.4 is 10.1 Å². The van der Waals surface area contributed by atoms with Gasteiger partial charge in [-0.05, 0) is 18.1 Å². The summed E-state index contributed by atoms with van der Waals surface area (Å²) in [6, 6.07) is 7.21. The molecule has 3 nitrogen and oxygen atoms in total. The minimum Gasteiger partial charge on any atom is -0.489 e. The first-order valence-electron chi connectivity index (χ1n) is 5.76. The van der Waals surface area contributed by atoms with E-state index in [2.05, 4.69) is 25.7 Å². The Morgan fingerprint density at radius 3 is 2.82 bits per heavy atom. The van der Waals surface area contributed by atoms with E-state index in [-0.39, 0.29) is 5.91 Å². The SMILES string of the molecule is C=CCOc1ccccc1C(=O)NCC(C)C. The molecule has 0 bridgehead atoms. The van der Waals surface area contributed by atoms with Crippen LogP contribution in [-0.4, -0.2) is 19.1 Å². The number of amides is 1. The third-order valence-corrected chi connectivity index (χ3v) is 2.16. The maximum Gasteiger partial charge on any atom is 0.255 e. The summed E-state index contributed by atoms with van der Waals surface area (Å²) in [6.45, 7) is 8.75. The van der Waals surface area contributed by atoms with Crippen molar-refractivity contribution in [2.75, 3.05) is 13.2 Å². The normalized spacial score (nSPS) is 10.1. The van der Waals surface area contributed by atoms with Gasteiger partial charge in [0, 0.05) is 6.54 Å². The van der Waals surface area contributed by atoms with Gasteiger partial charge in [-0.3, -0.25) is 4.79 Å². The zero-order chi connectivity index (χ0) is 12.7. The zero-order valence-electron chi connectivity index (χ0n) is 10.4. The van der Waals surface area contributed by atoms with Gasteiger partial charge in [-0.2, -0.15) is 0 Å². The standard InChI is InChI=1S/C14H19NO2/c1-4-9-17-13-8-6-5-7-12(13)14(16)15-10-11(2)3/h4-8,11H,1,9-10H2,2-3H3,(H,15,16). The Labute approximate surface area is 102 Å². The van der Waals surface area contributed by atoms with Crippen LogP contribution >= 0.6 is 0 Å². The molecule has 0 aliphatic carbocycles. The molecule has 0 saturated heterocycles. The maximum atomic E-state index is 11.9. The molecule has 0 aromatic heterocycles. The molecule has 3 heteroatoms. The van der Waals surface area contributed by atoms with Crippen LogP contribution in [0.15, 0.2) is 36.9 Å². The fourth-order valence-electron chi connectivity index (χ4n) is 1.32. The molecule has 0 aliphatic heterocycles. The van der Waals surface area contributed by atoms with E-state index in [1.165, 1.54) is 0 Å². The second kappa shape index (κ2) is 6.74. The molecule has 0 atom stereocenters. The number of rotatable bonds is 6. The second-order valence-electron chi connectivity index (χ2n) is 4.20. The van der Waals surface area contributed by atoms with E-state index in [1.54, 1.807) is 18.2 Å². The fraction of sp³-hybridized carbons (Fsp3) is 0.357. The first-order valence-corrected chi connectivity index (χ1v) is 5.76. The molecule has 0 fully saturated rings. The van der Waals surface area contributed by atoms with Crippen molar-refractivity contribution in [2.24, 2.45) is 5.92 Å². The average molecular weight is 233 g/mol. The van der Waals surface area contributed by atoms with Gasteiger partial charge in [0.1, 0.15) is 12.4 Å². The Morgan fingerprint density at radius 1 is 1.47 bits per heavy atom. The summed E-state index contributed by atoms with van der Waals surface area (Å²) in [6.07, 6.45) is 1.66. The van der Waals surface area contributed by atoms with Crippen molar-refractivity contribution in [3.05, 3.63) is 42.5 Å². The molecule has 92 valence electrons. The lowest BCUT2D eigenvalue weighted by molar-refractivity contribution is 0.0945. The number of para-hydroxylation sites is 1. The first-order chi connectivity index (χ1) is 8.15. The second-order valence-corrected chi connectivity index (χ2v) is 4.20. The van der Waals surface area contributed by atoms with Crippen molar-refractivity contribution < 1.29 is 9.53 Å². The molecule has 0 spiro atoms. The van der Waals surface area contributed by atoms with Crippen LogP contribution in [0.5, 0.6) is 5.75 Å². The van der Waals surface area contributed by atoms with E-state index in [0.29, 0.717) is 30.4 Å². The van der Waals surface area contributed by atoms with Crippen LogP contribution in [0, 0.1) is 5.92 Å². The highest BCUT2D eigenvalue weighted by molar-refractivity contribution is 5.96. The van der Waals surface area contributed by atoms with Crippen molar-refractivity contribution in [1.29, 1.82) is 0 Å². The lowest BCUT2D eigenvalue weighted by Crippen LogP contribution is -2.27. The van der Waals surface area contributed by atoms with Gasteiger partial charge in [0.15, 0.2) is 0 Å². The van der Waals surface area contributed by atoms with Gasteiger partial charge in [0.05, 0.1) is 5.56 Å². The van der Waals surface area contributed by atoms with E-state index in [4.69, 9.17) is 4.74 Å². The summed E-state index contributed by atoms with van der Waals surface area (Å²) in [4.78, 5) is 11.9. The number of carbonyl (C=O) groups is 1. The molecule has 1 amide bonds. The third-order valence-electron chi connectivity index (χ3n) is 2.16. The van der Waals surface area contributed by atoms with Gasteiger partial charge in [0.25, 0.3) is 5.91 Å². The Morgan fingerprint density at radius 2 is 2.18 bits per heavy atom. The average Bonchev–Trinajstić information content (AvgIpc) is 2.33. The molecular formula is C14H19NO2. The van der Waals surface area contributed by atoms with Crippen LogP contribution in [0.2, 0.25) is 0 Å². The monoisotopic (exact) mass is 233 g/mol. The highest BCUT2D eigenvalue weighted by Crippen LogP contribution is 2.17. The summed E-state index contributed by atoms with van der Waals surface area (Å²) in [5.74, 6) is 0.923. The van der Waals surface area contributed by atoms with Crippen LogP contribution in [0.3, 0.4) is 0 Å². The predicted molar refractivity (Wildman–Crippen MR) is 69.3 cm³/mol. The molecule has 1 rings (SSSR count). The number of hydrogen-bond donors (Lipinski definition) is 1. The largest absolute Gasteiger partial charge is 0.489 e. The molecular weight excluding hydrogens is 214 g/mol. The number of hydrogen-bond acceptors (Lipinski definition) is 2. The minimum atomic E-state index is -0.0987. The summed E-state index contributed by atoms with van der Waals surface area (Å²) in [5, 5.41) is 2.87. The topological polar surface area (TPSA) is 38.3 Å². The van der Waals surface area contributed by atoms with E-state index in [1.807, 2.05) is 12.1 Å². The van der Waals surface area contributed by atoms with E-state index < -0.39 is 0 Å². The molecule has 0 heterocycles. The zero-order valence-corrected chi connectivity index (χ0v) is 10.4. The van der Waals surface area contributed by atoms with Crippen molar-refractivity contribution in [3.8, 4) is 5.75 Å². The summed E-state index contributed by atoms with van der Waals surface area (Å²) in [5.41, 5.74) is 0.565. The number of ether oxygens (including phenoxy) is 1. The van der Waals surface area contributed by atoms with Gasteiger partial charge >= 0.3 is 0 Å². The summed E-state index contributed by atoms with van der Waals surface area (Å²) in [7, 11) is 0. The molecule has 1 aromatic rings. The van der Waals surface area contributed by atoms with Crippen LogP contribution in [0.4, 0.5) is 0 Å². The lowest BCUT2D eigenvalue weighted by Gasteiger charge is -2.11. The molecule has 0 radical (unpaired) electrons.